The van der Waals surface area contributed by atoms with Gasteiger partial charge < -0.3 is 9.31 Å². The zero-order valence-corrected chi connectivity index (χ0v) is 13.7. The van der Waals surface area contributed by atoms with Gasteiger partial charge in [0, 0.05) is 18.1 Å². The highest BCUT2D eigenvalue weighted by molar-refractivity contribution is 7.80. The van der Waals surface area contributed by atoms with Crippen molar-refractivity contribution in [1.29, 1.82) is 0 Å². The third-order valence-corrected chi connectivity index (χ3v) is 4.51. The van der Waals surface area contributed by atoms with E-state index in [1.165, 1.54) is 0 Å². The van der Waals surface area contributed by atoms with Crippen molar-refractivity contribution in [2.75, 3.05) is 5.75 Å². The Morgan fingerprint density at radius 1 is 1.30 bits per heavy atom. The van der Waals surface area contributed by atoms with Crippen molar-refractivity contribution in [3.8, 4) is 0 Å². The van der Waals surface area contributed by atoms with E-state index in [0.717, 1.165) is 16.6 Å². The van der Waals surface area contributed by atoms with Gasteiger partial charge in [0.15, 0.2) is 0 Å². The van der Waals surface area contributed by atoms with Crippen molar-refractivity contribution < 1.29 is 9.31 Å². The molecule has 1 aromatic rings. The maximum absolute atomic E-state index is 6.07. The summed E-state index contributed by atoms with van der Waals surface area (Å²) >= 11 is 4.42. The van der Waals surface area contributed by atoms with E-state index in [-0.39, 0.29) is 18.3 Å². The molecular weight excluding hydrogens is 269 g/mol. The smallest absolute Gasteiger partial charge is 0.400 e. The molecule has 0 aliphatic carbocycles. The number of aryl methyl sites for hydroxylation is 1. The molecule has 108 valence electrons. The summed E-state index contributed by atoms with van der Waals surface area (Å²) in [5, 5.41) is 0. The van der Waals surface area contributed by atoms with Crippen LogP contribution in [0, 0.1) is 6.92 Å². The van der Waals surface area contributed by atoms with E-state index in [0.29, 0.717) is 5.75 Å². The standard InChI is InChI=1S/C15H22BNO2S/c1-11-9-17-7-6-12(11)8-13(10-20)16-18-14(2,3)15(4,5)19-16/h6-9,20H,10H2,1-5H3. The van der Waals surface area contributed by atoms with Crippen molar-refractivity contribution in [2.24, 2.45) is 0 Å². The van der Waals surface area contributed by atoms with Gasteiger partial charge in [-0.1, -0.05) is 6.08 Å². The fourth-order valence-corrected chi connectivity index (χ4v) is 2.27. The van der Waals surface area contributed by atoms with Gasteiger partial charge in [0.2, 0.25) is 0 Å². The topological polar surface area (TPSA) is 31.4 Å². The van der Waals surface area contributed by atoms with E-state index in [2.05, 4.69) is 51.4 Å². The zero-order chi connectivity index (χ0) is 15.0. The van der Waals surface area contributed by atoms with E-state index in [9.17, 15) is 0 Å². The molecule has 1 aliphatic rings. The van der Waals surface area contributed by atoms with Crippen LogP contribution in [0.15, 0.2) is 23.9 Å². The molecule has 0 aromatic carbocycles. The van der Waals surface area contributed by atoms with Crippen LogP contribution >= 0.6 is 12.6 Å². The SMILES string of the molecule is Cc1cnccc1C=C(CS)B1OC(C)(C)C(C)(C)O1. The van der Waals surface area contributed by atoms with Crippen LogP contribution in [-0.2, 0) is 9.31 Å². The molecule has 1 fully saturated rings. The fraction of sp³-hybridized carbons (Fsp3) is 0.533. The summed E-state index contributed by atoms with van der Waals surface area (Å²) in [5.74, 6) is 0.596. The highest BCUT2D eigenvalue weighted by Gasteiger charge is 2.52. The van der Waals surface area contributed by atoms with Gasteiger partial charge in [-0.2, -0.15) is 12.6 Å². The van der Waals surface area contributed by atoms with Crippen molar-refractivity contribution in [3.05, 3.63) is 35.1 Å². The van der Waals surface area contributed by atoms with Crippen molar-refractivity contribution in [3.63, 3.8) is 0 Å². The molecular formula is C15H22BNO2S. The molecule has 0 atom stereocenters. The molecule has 5 heteroatoms. The van der Waals surface area contributed by atoms with Crippen LogP contribution in [0.1, 0.15) is 38.8 Å². The van der Waals surface area contributed by atoms with Crippen molar-refractivity contribution in [2.45, 2.75) is 45.8 Å². The summed E-state index contributed by atoms with van der Waals surface area (Å²) in [7, 11) is -0.343. The Kier molecular flexibility index (Phi) is 4.33. The average molecular weight is 291 g/mol. The normalized spacial score (nSPS) is 21.3. The number of rotatable bonds is 3. The van der Waals surface area contributed by atoms with Crippen LogP contribution in [0.3, 0.4) is 0 Å². The Morgan fingerprint density at radius 2 is 1.90 bits per heavy atom. The lowest BCUT2D eigenvalue weighted by atomic mass is 9.78. The molecule has 0 radical (unpaired) electrons. The van der Waals surface area contributed by atoms with E-state index < -0.39 is 0 Å². The second-order valence-corrected chi connectivity index (χ2v) is 6.51. The fourth-order valence-electron chi connectivity index (χ4n) is 2.03. The van der Waals surface area contributed by atoms with Gasteiger partial charge in [-0.25, -0.2) is 0 Å². The number of hydrogen-bond donors (Lipinski definition) is 1. The largest absolute Gasteiger partial charge is 0.491 e. The van der Waals surface area contributed by atoms with Gasteiger partial charge >= 0.3 is 7.12 Å². The molecule has 0 unspecified atom stereocenters. The minimum atomic E-state index is -0.343. The predicted molar refractivity (Wildman–Crippen MR) is 86.9 cm³/mol. The van der Waals surface area contributed by atoms with Crippen molar-refractivity contribution in [1.82, 2.24) is 4.98 Å². The van der Waals surface area contributed by atoms with Gasteiger partial charge in [0.05, 0.1) is 11.2 Å². The third-order valence-electron chi connectivity index (χ3n) is 4.14. The summed E-state index contributed by atoms with van der Waals surface area (Å²) in [6, 6.07) is 1.99. The lowest BCUT2D eigenvalue weighted by molar-refractivity contribution is 0.00578. The average Bonchev–Trinajstić information content (AvgIpc) is 2.57. The molecule has 3 nitrogen and oxygen atoms in total. The first-order valence-corrected chi connectivity index (χ1v) is 7.47. The van der Waals surface area contributed by atoms with E-state index in [1.807, 2.05) is 19.2 Å². The second-order valence-electron chi connectivity index (χ2n) is 6.20. The molecule has 2 rings (SSSR count). The highest BCUT2D eigenvalue weighted by atomic mass is 32.1. The first-order valence-electron chi connectivity index (χ1n) is 6.84. The van der Waals surface area contributed by atoms with E-state index in [1.54, 1.807) is 6.20 Å². The molecule has 1 saturated heterocycles. The van der Waals surface area contributed by atoms with Crippen molar-refractivity contribution >= 4 is 25.8 Å². The number of aromatic nitrogens is 1. The molecule has 0 amide bonds. The van der Waals surface area contributed by atoms with Crippen LogP contribution in [-0.4, -0.2) is 29.1 Å². The number of nitrogens with zero attached hydrogens (tertiary/aromatic N) is 1. The third kappa shape index (κ3) is 2.95. The van der Waals surface area contributed by atoms with Crippen LogP contribution in [0.5, 0.6) is 0 Å². The monoisotopic (exact) mass is 291 g/mol. The van der Waals surface area contributed by atoms with Crippen LogP contribution in [0.4, 0.5) is 0 Å². The lowest BCUT2D eigenvalue weighted by Crippen LogP contribution is -2.41. The number of thiol groups is 1. The van der Waals surface area contributed by atoms with Crippen LogP contribution in [0.2, 0.25) is 0 Å². The summed E-state index contributed by atoms with van der Waals surface area (Å²) < 4.78 is 12.1. The molecule has 0 spiro atoms. The summed E-state index contributed by atoms with van der Waals surface area (Å²) in [6.45, 7) is 10.3. The Bertz CT molecular complexity index is 512. The Morgan fingerprint density at radius 3 is 2.40 bits per heavy atom. The predicted octanol–water partition coefficient (Wildman–Crippen LogP) is 3.33. The summed E-state index contributed by atoms with van der Waals surface area (Å²) in [5.41, 5.74) is 2.63. The van der Waals surface area contributed by atoms with E-state index in [4.69, 9.17) is 9.31 Å². The quantitative estimate of drug-likeness (QED) is 0.684. The Labute approximate surface area is 127 Å². The molecule has 1 aliphatic heterocycles. The minimum absolute atomic E-state index is 0.326. The maximum Gasteiger partial charge on any atom is 0.491 e. The highest BCUT2D eigenvalue weighted by Crippen LogP contribution is 2.39. The van der Waals surface area contributed by atoms with Crippen LogP contribution < -0.4 is 0 Å². The number of hydrogen-bond acceptors (Lipinski definition) is 4. The lowest BCUT2D eigenvalue weighted by Gasteiger charge is -2.32. The first-order chi connectivity index (χ1) is 9.27. The maximum atomic E-state index is 6.07. The van der Waals surface area contributed by atoms with Crippen LogP contribution in [0.25, 0.3) is 6.08 Å². The molecule has 2 heterocycles. The van der Waals surface area contributed by atoms with Gasteiger partial charge in [-0.05, 0) is 57.3 Å². The molecule has 0 bridgehead atoms. The number of pyridine rings is 1. The molecule has 0 N–H and O–H groups in total. The Balaban J connectivity index is 2.29. The van der Waals surface area contributed by atoms with Gasteiger partial charge in [0.1, 0.15) is 0 Å². The zero-order valence-electron chi connectivity index (χ0n) is 12.8. The second kappa shape index (κ2) is 5.55. The molecule has 20 heavy (non-hydrogen) atoms. The summed E-state index contributed by atoms with van der Waals surface area (Å²) in [4.78, 5) is 4.11. The Hall–Kier alpha value is -0.775. The summed E-state index contributed by atoms with van der Waals surface area (Å²) in [6.07, 6.45) is 5.73. The van der Waals surface area contributed by atoms with Gasteiger partial charge in [-0.15, -0.1) is 0 Å². The molecule has 1 aromatic heterocycles. The minimum Gasteiger partial charge on any atom is -0.400 e. The molecule has 0 saturated carbocycles. The van der Waals surface area contributed by atoms with Gasteiger partial charge in [-0.3, -0.25) is 4.98 Å². The first kappa shape index (κ1) is 15.6. The van der Waals surface area contributed by atoms with E-state index >= 15 is 0 Å². The van der Waals surface area contributed by atoms with Gasteiger partial charge in [0.25, 0.3) is 0 Å².